The number of aromatic nitrogens is 2. The van der Waals surface area contributed by atoms with Gasteiger partial charge in [-0.3, -0.25) is 19.7 Å². The molecule has 3 atom stereocenters. The minimum absolute atomic E-state index is 0.0544. The van der Waals surface area contributed by atoms with Gasteiger partial charge in [0.05, 0.1) is 24.0 Å². The zero-order valence-corrected chi connectivity index (χ0v) is 34.4. The lowest BCUT2D eigenvalue weighted by Crippen LogP contribution is -2.55. The zero-order valence-electron chi connectivity index (χ0n) is 25.8. The van der Waals surface area contributed by atoms with Gasteiger partial charge in [-0.25, -0.2) is 0 Å². The second-order valence-corrected chi connectivity index (χ2v) is 16.7. The van der Waals surface area contributed by atoms with Gasteiger partial charge in [-0.1, -0.05) is 55.1 Å². The van der Waals surface area contributed by atoms with E-state index in [1.165, 1.54) is 27.8 Å². The van der Waals surface area contributed by atoms with Crippen molar-refractivity contribution in [1.82, 2.24) is 20.2 Å². The molecule has 2 aromatic heterocycles. The molecule has 13 heteroatoms. The Bertz CT molecular complexity index is 1860. The molecule has 0 radical (unpaired) electrons. The van der Waals surface area contributed by atoms with Gasteiger partial charge < -0.3 is 10.1 Å². The Morgan fingerprint density at radius 3 is 2.00 bits per heavy atom. The summed E-state index contributed by atoms with van der Waals surface area (Å²) in [5.41, 5.74) is 9.06. The van der Waals surface area contributed by atoms with E-state index in [2.05, 4.69) is 97.1 Å². The summed E-state index contributed by atoms with van der Waals surface area (Å²) in [6.07, 6.45) is 7.28. The van der Waals surface area contributed by atoms with E-state index in [9.17, 15) is 4.79 Å². The molecular formula is C35H31Br4Cl3N4O2. The summed E-state index contributed by atoms with van der Waals surface area (Å²) in [4.78, 5) is 24.0. The molecule has 2 aromatic carbocycles. The fraction of sp³-hybridized carbons (Fsp3) is 0.343. The summed E-state index contributed by atoms with van der Waals surface area (Å²) < 4.78 is 9.15. The number of pyridine rings is 2. The fourth-order valence-electron chi connectivity index (χ4n) is 6.71. The first kappa shape index (κ1) is 36.7. The molecule has 0 amide bonds. The summed E-state index contributed by atoms with van der Waals surface area (Å²) in [7, 11) is 0. The number of hydrogen-bond donors (Lipinski definition) is 1. The molecule has 7 rings (SSSR count). The Labute approximate surface area is 329 Å². The van der Waals surface area contributed by atoms with Crippen LogP contribution >= 0.6 is 98.5 Å². The number of hydrogen-bond acceptors (Lipinski definition) is 6. The van der Waals surface area contributed by atoms with Crippen molar-refractivity contribution < 1.29 is 9.53 Å². The van der Waals surface area contributed by atoms with E-state index in [0.29, 0.717) is 19.7 Å². The highest BCUT2D eigenvalue weighted by atomic mass is 79.9. The molecule has 1 fully saturated rings. The molecule has 3 unspecified atom stereocenters. The average Bonchev–Trinajstić information content (AvgIpc) is 3.29. The van der Waals surface area contributed by atoms with Gasteiger partial charge in [0.15, 0.2) is 0 Å². The topological polar surface area (TPSA) is 67.3 Å². The van der Waals surface area contributed by atoms with Crippen LogP contribution in [0.4, 0.5) is 0 Å². The smallest absolute Gasteiger partial charge is 0.324 e. The van der Waals surface area contributed by atoms with Crippen molar-refractivity contribution >= 4 is 104 Å². The van der Waals surface area contributed by atoms with E-state index in [1.807, 2.05) is 31.3 Å². The number of alkyl halides is 1. The maximum atomic E-state index is 12.4. The van der Waals surface area contributed by atoms with Gasteiger partial charge in [-0.05, 0) is 134 Å². The Morgan fingerprint density at radius 2 is 1.38 bits per heavy atom. The molecule has 252 valence electrons. The summed E-state index contributed by atoms with van der Waals surface area (Å²) >= 11 is 33.5. The molecule has 1 aliphatic heterocycles. The Hall–Kier alpha value is -1.08. The maximum absolute atomic E-state index is 12.4. The molecular weight excluding hydrogens is 934 g/mol. The third-order valence-corrected chi connectivity index (χ3v) is 11.8. The molecule has 0 bridgehead atoms. The lowest BCUT2D eigenvalue weighted by atomic mass is 9.95. The summed E-state index contributed by atoms with van der Waals surface area (Å²) in [6, 6.07) is 11.7. The predicted molar refractivity (Wildman–Crippen MR) is 207 cm³/mol. The third-order valence-electron chi connectivity index (χ3n) is 8.79. The number of esters is 1. The lowest BCUT2D eigenvalue weighted by molar-refractivity contribution is -0.147. The minimum atomic E-state index is -0.347. The first-order chi connectivity index (χ1) is 23.0. The molecule has 4 aromatic rings. The van der Waals surface area contributed by atoms with Gasteiger partial charge in [-0.15, -0.1) is 11.6 Å². The van der Waals surface area contributed by atoms with Crippen LogP contribution in [-0.4, -0.2) is 53.1 Å². The van der Waals surface area contributed by atoms with Crippen LogP contribution in [0.3, 0.4) is 0 Å². The number of carbonyl (C=O) groups excluding carboxylic acids is 1. The molecule has 1 N–H and O–H groups in total. The molecule has 0 saturated carbocycles. The molecule has 6 nitrogen and oxygen atoms in total. The summed E-state index contributed by atoms with van der Waals surface area (Å²) in [6.45, 7) is 4.30. The van der Waals surface area contributed by atoms with Crippen molar-refractivity contribution in [3.05, 3.63) is 121 Å². The number of aryl methyl sites for hydroxylation is 4. The Balaban J connectivity index is 0.000000182. The first-order valence-corrected chi connectivity index (χ1v) is 19.9. The number of fused-ring (bicyclic) bond motifs is 4. The van der Waals surface area contributed by atoms with E-state index in [1.54, 1.807) is 6.20 Å². The summed E-state index contributed by atoms with van der Waals surface area (Å²) in [5, 5.41) is 4.50. The number of nitrogens with zero attached hydrogens (tertiary/aromatic N) is 3. The number of halogens is 7. The fourth-order valence-corrected chi connectivity index (χ4v) is 10.3. The second-order valence-electron chi connectivity index (χ2n) is 11.8. The van der Waals surface area contributed by atoms with Crippen LogP contribution < -0.4 is 5.32 Å². The van der Waals surface area contributed by atoms with Gasteiger partial charge >= 0.3 is 5.97 Å². The van der Waals surface area contributed by atoms with Crippen LogP contribution in [0.2, 0.25) is 10.0 Å². The van der Waals surface area contributed by atoms with Crippen LogP contribution in [0, 0.1) is 0 Å². The number of benzene rings is 2. The largest absolute Gasteiger partial charge is 0.465 e. The van der Waals surface area contributed by atoms with Crippen LogP contribution in [0.5, 0.6) is 0 Å². The monoisotopic (exact) mass is 960 g/mol. The van der Waals surface area contributed by atoms with E-state index >= 15 is 0 Å². The molecule has 3 heterocycles. The number of carbonyl (C=O) groups is 1. The van der Waals surface area contributed by atoms with Crippen molar-refractivity contribution in [3.63, 3.8) is 0 Å². The van der Waals surface area contributed by atoms with Crippen molar-refractivity contribution in [2.24, 2.45) is 0 Å². The zero-order chi connectivity index (χ0) is 34.1. The van der Waals surface area contributed by atoms with Crippen molar-refractivity contribution in [3.8, 4) is 0 Å². The van der Waals surface area contributed by atoms with E-state index < -0.39 is 0 Å². The second kappa shape index (κ2) is 16.1. The Kier molecular flexibility index (Phi) is 12.3. The van der Waals surface area contributed by atoms with E-state index in [0.717, 1.165) is 77.1 Å². The van der Waals surface area contributed by atoms with Gasteiger partial charge in [0, 0.05) is 60.0 Å². The van der Waals surface area contributed by atoms with Crippen LogP contribution in [0.1, 0.15) is 63.1 Å². The number of nitrogens with one attached hydrogen (secondary N) is 1. The molecule has 1 saturated heterocycles. The van der Waals surface area contributed by atoms with Gasteiger partial charge in [0.25, 0.3) is 0 Å². The minimum Gasteiger partial charge on any atom is -0.465 e. The highest BCUT2D eigenvalue weighted by Gasteiger charge is 2.37. The normalized spacial score (nSPS) is 20.1. The predicted octanol–water partition coefficient (Wildman–Crippen LogP) is 9.97. The molecule has 0 spiro atoms. The SMILES string of the molecule is CCOC(=O)C1CN(C2c3ncc(Br)cc3CCc3cc(Cl)cc(Br)c32)CCN1.Clc1cc(Br)c2c(c1)CCc1cc(Br)cnc1C2Cl. The van der Waals surface area contributed by atoms with Gasteiger partial charge in [0.1, 0.15) is 11.4 Å². The van der Waals surface area contributed by atoms with Crippen molar-refractivity contribution in [2.45, 2.75) is 50.1 Å². The van der Waals surface area contributed by atoms with Gasteiger partial charge in [0.2, 0.25) is 0 Å². The van der Waals surface area contributed by atoms with E-state index in [-0.39, 0.29) is 23.4 Å². The van der Waals surface area contributed by atoms with Crippen molar-refractivity contribution in [2.75, 3.05) is 26.2 Å². The Morgan fingerprint density at radius 1 is 0.833 bits per heavy atom. The highest BCUT2D eigenvalue weighted by Crippen LogP contribution is 2.43. The highest BCUT2D eigenvalue weighted by molar-refractivity contribution is 9.11. The number of rotatable bonds is 3. The maximum Gasteiger partial charge on any atom is 0.324 e. The van der Waals surface area contributed by atoms with E-state index in [4.69, 9.17) is 44.5 Å². The molecule has 3 aliphatic rings. The van der Waals surface area contributed by atoms with Crippen molar-refractivity contribution in [1.29, 1.82) is 0 Å². The molecule has 2 aliphatic carbocycles. The summed E-state index contributed by atoms with van der Waals surface area (Å²) in [5.74, 6) is -0.204. The standard InChI is InChI=1S/C21H22Br2ClN3O2.C14H9Br2Cl2N/c1-2-29-21(28)17-11-27(6-5-25-17)20-18-12(8-15(24)9-16(18)23)3-4-13-7-14(22)10-26-19(13)20;15-9-3-8-2-1-7-4-10(17)5-11(16)12(7)13(18)14(8)19-6-9/h7-10,17,20,25H,2-6,11H2,1H3;3-6,13H,1-2H2. The average molecular weight is 966 g/mol. The number of piperazine rings is 1. The molecule has 48 heavy (non-hydrogen) atoms. The quantitative estimate of drug-likeness (QED) is 0.163. The first-order valence-electron chi connectivity index (χ1n) is 15.6. The van der Waals surface area contributed by atoms with Crippen LogP contribution in [0.25, 0.3) is 0 Å². The lowest BCUT2D eigenvalue weighted by Gasteiger charge is -2.39. The number of ether oxygens (including phenoxy) is 1. The van der Waals surface area contributed by atoms with Crippen LogP contribution in [0.15, 0.2) is 66.7 Å². The van der Waals surface area contributed by atoms with Crippen LogP contribution in [-0.2, 0) is 35.2 Å². The third kappa shape index (κ3) is 8.02. The van der Waals surface area contributed by atoms with Gasteiger partial charge in [-0.2, -0.15) is 0 Å².